The molecule has 2 aliphatic rings. The van der Waals surface area contributed by atoms with Gasteiger partial charge in [0.2, 0.25) is 5.78 Å². The van der Waals surface area contributed by atoms with Gasteiger partial charge in [-0.2, -0.15) is 0 Å². The van der Waals surface area contributed by atoms with E-state index in [0.717, 1.165) is 36.1 Å². The van der Waals surface area contributed by atoms with Crippen LogP contribution in [0.15, 0.2) is 48.4 Å². The van der Waals surface area contributed by atoms with Gasteiger partial charge in [0.15, 0.2) is 5.76 Å². The lowest BCUT2D eigenvalue weighted by Gasteiger charge is -2.35. The molecule has 32 heavy (non-hydrogen) atoms. The van der Waals surface area contributed by atoms with Gasteiger partial charge in [0.25, 0.3) is 0 Å². The second-order valence-electron chi connectivity index (χ2n) is 9.41. The summed E-state index contributed by atoms with van der Waals surface area (Å²) >= 11 is 0. The fourth-order valence-corrected chi connectivity index (χ4v) is 5.39. The summed E-state index contributed by atoms with van der Waals surface area (Å²) in [7, 11) is 0. The van der Waals surface area contributed by atoms with Gasteiger partial charge in [-0.1, -0.05) is 32.0 Å². The first-order chi connectivity index (χ1) is 15.4. The number of carbonyl (C=O) groups is 1. The fourth-order valence-electron chi connectivity index (χ4n) is 5.39. The topological polar surface area (TPSA) is 54.7 Å². The number of aryl methyl sites for hydroxylation is 1. The first kappa shape index (κ1) is 20.8. The molecule has 166 valence electrons. The van der Waals surface area contributed by atoms with E-state index in [2.05, 4.69) is 48.6 Å². The number of carbonyl (C=O) groups excluding carboxylic acids is 1. The van der Waals surface area contributed by atoms with E-state index >= 15 is 0 Å². The molecule has 0 bridgehead atoms. The molecule has 0 saturated carbocycles. The minimum Gasteiger partial charge on any atom is -0.507 e. The molecule has 5 nitrogen and oxygen atoms in total. The summed E-state index contributed by atoms with van der Waals surface area (Å²) in [5.74, 6) is 2.11. The maximum atomic E-state index is 13.2. The minimum atomic E-state index is -0.130. The van der Waals surface area contributed by atoms with Crippen LogP contribution in [0.4, 0.5) is 0 Å². The van der Waals surface area contributed by atoms with Crippen LogP contribution < -0.4 is 4.74 Å². The smallest absolute Gasteiger partial charge is 0.231 e. The van der Waals surface area contributed by atoms with Crippen LogP contribution in [0, 0.1) is 11.8 Å². The third-order valence-corrected chi connectivity index (χ3v) is 6.69. The quantitative estimate of drug-likeness (QED) is 0.559. The molecule has 1 fully saturated rings. The highest BCUT2D eigenvalue weighted by Crippen LogP contribution is 2.41. The van der Waals surface area contributed by atoms with Gasteiger partial charge in [0.05, 0.1) is 11.1 Å². The van der Waals surface area contributed by atoms with Crippen molar-refractivity contribution >= 4 is 22.8 Å². The number of piperidine rings is 1. The predicted octanol–water partition coefficient (Wildman–Crippen LogP) is 5.46. The number of likely N-dealkylation sites (tertiary alicyclic amines) is 1. The summed E-state index contributed by atoms with van der Waals surface area (Å²) in [5, 5.41) is 11.7. The second kappa shape index (κ2) is 8.14. The number of hydrogen-bond donors (Lipinski definition) is 1. The Balaban J connectivity index is 1.50. The molecule has 2 atom stereocenters. The van der Waals surface area contributed by atoms with Crippen molar-refractivity contribution in [3.63, 3.8) is 0 Å². The summed E-state index contributed by atoms with van der Waals surface area (Å²) in [4.78, 5) is 15.5. The van der Waals surface area contributed by atoms with E-state index in [1.165, 1.54) is 6.42 Å². The molecule has 0 unspecified atom stereocenters. The van der Waals surface area contributed by atoms with Crippen molar-refractivity contribution in [2.45, 2.75) is 40.3 Å². The van der Waals surface area contributed by atoms with E-state index < -0.39 is 0 Å². The zero-order valence-corrected chi connectivity index (χ0v) is 19.0. The van der Waals surface area contributed by atoms with E-state index in [1.807, 2.05) is 18.2 Å². The highest BCUT2D eigenvalue weighted by Gasteiger charge is 2.33. The van der Waals surface area contributed by atoms with Crippen molar-refractivity contribution in [1.82, 2.24) is 9.47 Å². The number of phenolic OH excluding ortho intramolecular Hbond substituents is 1. The summed E-state index contributed by atoms with van der Waals surface area (Å²) in [6.45, 7) is 10.1. The van der Waals surface area contributed by atoms with Crippen molar-refractivity contribution < 1.29 is 14.6 Å². The first-order valence-electron chi connectivity index (χ1n) is 11.5. The number of rotatable bonds is 4. The summed E-state index contributed by atoms with van der Waals surface area (Å²) < 4.78 is 8.31. The molecule has 1 aromatic heterocycles. The Hall–Kier alpha value is -3.05. The zero-order valence-electron chi connectivity index (χ0n) is 19.0. The zero-order chi connectivity index (χ0) is 22.4. The Labute approximate surface area is 188 Å². The first-order valence-corrected chi connectivity index (χ1v) is 11.5. The van der Waals surface area contributed by atoms with Crippen molar-refractivity contribution in [2.24, 2.45) is 11.8 Å². The molecular weight excluding hydrogens is 400 g/mol. The number of hydrogen-bond acceptors (Lipinski definition) is 4. The van der Waals surface area contributed by atoms with Crippen molar-refractivity contribution in [3.8, 4) is 11.5 Å². The lowest BCUT2D eigenvalue weighted by atomic mass is 9.91. The van der Waals surface area contributed by atoms with Gasteiger partial charge in [0.1, 0.15) is 11.5 Å². The van der Waals surface area contributed by atoms with Crippen LogP contribution >= 0.6 is 0 Å². The van der Waals surface area contributed by atoms with E-state index in [-0.39, 0.29) is 11.5 Å². The van der Waals surface area contributed by atoms with Crippen LogP contribution in [0.3, 0.4) is 0 Å². The predicted molar refractivity (Wildman–Crippen MR) is 127 cm³/mol. The van der Waals surface area contributed by atoms with Crippen LogP contribution in [0.25, 0.3) is 17.0 Å². The number of fused-ring (bicyclic) bond motifs is 2. The van der Waals surface area contributed by atoms with Gasteiger partial charge in [-0.25, -0.2) is 0 Å². The molecule has 2 aromatic carbocycles. The number of phenols is 1. The second-order valence-corrected chi connectivity index (χ2v) is 9.41. The van der Waals surface area contributed by atoms with Crippen LogP contribution in [0.2, 0.25) is 0 Å². The maximum absolute atomic E-state index is 13.2. The van der Waals surface area contributed by atoms with E-state index in [0.29, 0.717) is 41.0 Å². The molecule has 2 aliphatic heterocycles. The molecule has 1 saturated heterocycles. The number of aromatic hydroxyl groups is 1. The Kier molecular flexibility index (Phi) is 5.30. The van der Waals surface area contributed by atoms with Crippen LogP contribution in [0.1, 0.15) is 48.7 Å². The number of para-hydroxylation sites is 1. The highest BCUT2D eigenvalue weighted by molar-refractivity contribution is 6.15. The molecular formula is C27H30N2O3. The molecule has 0 aliphatic carbocycles. The third kappa shape index (κ3) is 3.61. The minimum absolute atomic E-state index is 0.130. The number of ketones is 1. The number of nitrogens with zero attached hydrogens (tertiary/aromatic N) is 2. The summed E-state index contributed by atoms with van der Waals surface area (Å²) in [5.41, 5.74) is 3.33. The lowest BCUT2D eigenvalue weighted by molar-refractivity contribution is 0.101. The van der Waals surface area contributed by atoms with Gasteiger partial charge < -0.3 is 14.4 Å². The standard InChI is InChI=1S/C27H30N2O3/c1-4-29-15-19(20-7-5-6-8-23(20)29)12-25-26(31)21-9-10-24(30)22(27(21)32-25)16-28-13-17(2)11-18(3)14-28/h5-10,12,15,17-18,30H,4,11,13-14,16H2,1-3H3/b25-12+/t17-,18+. The van der Waals surface area contributed by atoms with Gasteiger partial charge >= 0.3 is 0 Å². The SMILES string of the molecule is CCn1cc(/C=C2/Oc3c(ccc(O)c3CN3C[C@H](C)C[C@H](C)C3)C2=O)c2ccccc21. The summed E-state index contributed by atoms with van der Waals surface area (Å²) in [6, 6.07) is 11.5. The average molecular weight is 431 g/mol. The number of benzene rings is 2. The molecule has 1 N–H and O–H groups in total. The normalized spacial score (nSPS) is 22.5. The van der Waals surface area contributed by atoms with Crippen LogP contribution in [-0.4, -0.2) is 33.4 Å². The van der Waals surface area contributed by atoms with E-state index in [1.54, 1.807) is 12.1 Å². The number of allylic oxidation sites excluding steroid dienone is 1. The van der Waals surface area contributed by atoms with Crippen molar-refractivity contribution in [2.75, 3.05) is 13.1 Å². The van der Waals surface area contributed by atoms with Gasteiger partial charge in [-0.05, 0) is 49.5 Å². The molecule has 0 radical (unpaired) electrons. The van der Waals surface area contributed by atoms with Crippen LogP contribution in [-0.2, 0) is 13.1 Å². The highest BCUT2D eigenvalue weighted by atomic mass is 16.5. The van der Waals surface area contributed by atoms with Gasteiger partial charge in [0, 0.05) is 48.8 Å². The van der Waals surface area contributed by atoms with E-state index in [4.69, 9.17) is 4.74 Å². The molecule has 5 rings (SSSR count). The molecule has 3 aromatic rings. The van der Waals surface area contributed by atoms with Crippen LogP contribution in [0.5, 0.6) is 11.5 Å². The number of Topliss-reactive ketones (excluding diaryl/α,β-unsaturated/α-hetero) is 1. The Bertz CT molecular complexity index is 1210. The Morgan fingerprint density at radius 3 is 2.62 bits per heavy atom. The fraction of sp³-hybridized carbons (Fsp3) is 0.370. The molecule has 0 amide bonds. The molecule has 0 spiro atoms. The van der Waals surface area contributed by atoms with Gasteiger partial charge in [-0.3, -0.25) is 9.69 Å². The van der Waals surface area contributed by atoms with E-state index in [9.17, 15) is 9.90 Å². The van der Waals surface area contributed by atoms with Gasteiger partial charge in [-0.15, -0.1) is 0 Å². The van der Waals surface area contributed by atoms with Crippen molar-refractivity contribution in [3.05, 3.63) is 65.0 Å². The Morgan fingerprint density at radius 1 is 1.12 bits per heavy atom. The monoisotopic (exact) mass is 430 g/mol. The number of ether oxygens (including phenoxy) is 1. The average Bonchev–Trinajstić information content (AvgIpc) is 3.28. The molecule has 5 heteroatoms. The Morgan fingerprint density at radius 2 is 1.88 bits per heavy atom. The number of aromatic nitrogens is 1. The third-order valence-electron chi connectivity index (χ3n) is 6.69. The lowest BCUT2D eigenvalue weighted by Crippen LogP contribution is -2.38. The maximum Gasteiger partial charge on any atom is 0.231 e. The van der Waals surface area contributed by atoms with Crippen molar-refractivity contribution in [1.29, 1.82) is 0 Å². The molecule has 3 heterocycles. The largest absolute Gasteiger partial charge is 0.507 e. The summed E-state index contributed by atoms with van der Waals surface area (Å²) in [6.07, 6.45) is 5.12.